The standard InChI is InChI=1S/C21H20O6/c1-21(2)18(26-20(23)5-3-13-7-8-24-12-13)10-15-9-14-4-6-19(22)25-16(14)11-17(15)27-21/h4,6-9,11-12,18H,3,5,10H2,1-2H3/t18-/m0/s1. The van der Waals surface area contributed by atoms with Gasteiger partial charge in [-0.1, -0.05) is 0 Å². The number of carbonyl (C=O) groups is 1. The van der Waals surface area contributed by atoms with Gasteiger partial charge in [0.15, 0.2) is 0 Å². The Kier molecular flexibility index (Phi) is 4.26. The van der Waals surface area contributed by atoms with Gasteiger partial charge in [-0.05, 0) is 49.6 Å². The van der Waals surface area contributed by atoms with Crippen molar-refractivity contribution in [3.8, 4) is 5.75 Å². The Bertz CT molecular complexity index is 1030. The van der Waals surface area contributed by atoms with Gasteiger partial charge in [0.05, 0.1) is 12.5 Å². The fourth-order valence-corrected chi connectivity index (χ4v) is 3.28. The van der Waals surface area contributed by atoms with Crippen LogP contribution in [0.5, 0.6) is 5.75 Å². The quantitative estimate of drug-likeness (QED) is 0.517. The molecule has 140 valence electrons. The maximum atomic E-state index is 12.3. The summed E-state index contributed by atoms with van der Waals surface area (Å²) in [6.45, 7) is 3.77. The number of hydrogen-bond acceptors (Lipinski definition) is 6. The Hall–Kier alpha value is -3.02. The highest BCUT2D eigenvalue weighted by molar-refractivity contribution is 5.79. The van der Waals surface area contributed by atoms with Crippen LogP contribution in [0.3, 0.4) is 0 Å². The summed E-state index contributed by atoms with van der Waals surface area (Å²) in [4.78, 5) is 23.7. The van der Waals surface area contributed by atoms with E-state index in [2.05, 4.69) is 0 Å². The van der Waals surface area contributed by atoms with Crippen LogP contribution in [0.4, 0.5) is 0 Å². The van der Waals surface area contributed by atoms with Gasteiger partial charge in [0.25, 0.3) is 0 Å². The molecule has 1 aromatic carbocycles. The van der Waals surface area contributed by atoms with E-state index in [-0.39, 0.29) is 12.4 Å². The van der Waals surface area contributed by atoms with Gasteiger partial charge < -0.3 is 18.3 Å². The fraction of sp³-hybridized carbons (Fsp3) is 0.333. The third-order valence-corrected chi connectivity index (χ3v) is 4.83. The second kappa shape index (κ2) is 6.61. The summed E-state index contributed by atoms with van der Waals surface area (Å²) in [5.74, 6) is 0.376. The molecule has 6 heteroatoms. The van der Waals surface area contributed by atoms with E-state index in [4.69, 9.17) is 18.3 Å². The number of rotatable bonds is 4. The summed E-state index contributed by atoms with van der Waals surface area (Å²) < 4.78 is 22.0. The van der Waals surface area contributed by atoms with Gasteiger partial charge in [0, 0.05) is 30.4 Å². The summed E-state index contributed by atoms with van der Waals surface area (Å²) >= 11 is 0. The summed E-state index contributed by atoms with van der Waals surface area (Å²) in [6, 6.07) is 8.57. The number of benzene rings is 1. The van der Waals surface area contributed by atoms with E-state index in [1.165, 1.54) is 6.07 Å². The molecule has 0 saturated carbocycles. The van der Waals surface area contributed by atoms with E-state index in [1.807, 2.05) is 26.0 Å². The van der Waals surface area contributed by atoms with Crippen molar-refractivity contribution in [1.82, 2.24) is 0 Å². The molecule has 6 nitrogen and oxygen atoms in total. The minimum atomic E-state index is -0.693. The van der Waals surface area contributed by atoms with Crippen molar-refractivity contribution in [1.29, 1.82) is 0 Å². The van der Waals surface area contributed by atoms with E-state index in [1.54, 1.807) is 24.7 Å². The van der Waals surface area contributed by atoms with Crippen LogP contribution in [-0.2, 0) is 22.4 Å². The van der Waals surface area contributed by atoms with E-state index in [0.29, 0.717) is 24.2 Å². The molecule has 0 spiro atoms. The van der Waals surface area contributed by atoms with Gasteiger partial charge in [-0.2, -0.15) is 0 Å². The lowest BCUT2D eigenvalue weighted by Gasteiger charge is -2.39. The largest absolute Gasteiger partial charge is 0.484 e. The summed E-state index contributed by atoms with van der Waals surface area (Å²) in [6.07, 6.45) is 4.19. The van der Waals surface area contributed by atoms with Crippen LogP contribution in [0, 0.1) is 0 Å². The molecule has 2 aromatic heterocycles. The topological polar surface area (TPSA) is 78.9 Å². The minimum absolute atomic E-state index is 0.270. The van der Waals surface area contributed by atoms with Crippen molar-refractivity contribution in [2.75, 3.05) is 0 Å². The Morgan fingerprint density at radius 1 is 1.26 bits per heavy atom. The highest BCUT2D eigenvalue weighted by atomic mass is 16.6. The molecule has 0 amide bonds. The summed E-state index contributed by atoms with van der Waals surface area (Å²) in [5, 5.41) is 0.807. The van der Waals surface area contributed by atoms with Crippen molar-refractivity contribution in [3.63, 3.8) is 0 Å². The maximum Gasteiger partial charge on any atom is 0.336 e. The number of hydrogen-bond donors (Lipinski definition) is 0. The number of carbonyl (C=O) groups excluding carboxylic acids is 1. The molecular weight excluding hydrogens is 348 g/mol. The zero-order valence-electron chi connectivity index (χ0n) is 15.2. The first kappa shape index (κ1) is 17.4. The molecule has 0 fully saturated rings. The van der Waals surface area contributed by atoms with Crippen LogP contribution >= 0.6 is 0 Å². The third-order valence-electron chi connectivity index (χ3n) is 4.83. The van der Waals surface area contributed by atoms with Crippen molar-refractivity contribution >= 4 is 16.9 Å². The molecule has 4 rings (SSSR count). The third kappa shape index (κ3) is 3.60. The molecule has 1 atom stereocenters. The monoisotopic (exact) mass is 368 g/mol. The van der Waals surface area contributed by atoms with Gasteiger partial charge in [0.2, 0.25) is 0 Å². The number of ether oxygens (including phenoxy) is 2. The van der Waals surface area contributed by atoms with Gasteiger partial charge in [-0.3, -0.25) is 4.79 Å². The van der Waals surface area contributed by atoms with Crippen LogP contribution in [0.25, 0.3) is 11.0 Å². The fourth-order valence-electron chi connectivity index (χ4n) is 3.28. The Balaban J connectivity index is 1.52. The SMILES string of the molecule is CC1(C)Oc2cc3oc(=O)ccc3cc2C[C@@H]1OC(=O)CCc1ccoc1. The first-order valence-corrected chi connectivity index (χ1v) is 8.87. The molecule has 3 aromatic rings. The van der Waals surface area contributed by atoms with Crippen LogP contribution in [0.15, 0.2) is 56.5 Å². The lowest BCUT2D eigenvalue weighted by atomic mass is 9.90. The molecule has 0 aliphatic carbocycles. The molecule has 0 unspecified atom stereocenters. The van der Waals surface area contributed by atoms with Crippen molar-refractivity contribution in [2.45, 2.75) is 44.8 Å². The normalized spacial score (nSPS) is 17.9. The van der Waals surface area contributed by atoms with E-state index < -0.39 is 17.3 Å². The van der Waals surface area contributed by atoms with Gasteiger partial charge >= 0.3 is 11.6 Å². The number of esters is 1. The molecule has 0 bridgehead atoms. The van der Waals surface area contributed by atoms with Gasteiger partial charge in [-0.25, -0.2) is 4.79 Å². The lowest BCUT2D eigenvalue weighted by Crippen LogP contribution is -2.48. The average Bonchev–Trinajstić information content (AvgIpc) is 3.12. The van der Waals surface area contributed by atoms with E-state index in [9.17, 15) is 9.59 Å². The van der Waals surface area contributed by atoms with Crippen LogP contribution in [-0.4, -0.2) is 17.7 Å². The number of aryl methyl sites for hydroxylation is 1. The first-order chi connectivity index (χ1) is 12.9. The van der Waals surface area contributed by atoms with E-state index in [0.717, 1.165) is 16.5 Å². The predicted molar refractivity (Wildman–Crippen MR) is 97.8 cm³/mol. The summed E-state index contributed by atoms with van der Waals surface area (Å²) in [5.41, 5.74) is 1.27. The van der Waals surface area contributed by atoms with Crippen molar-refractivity contribution in [3.05, 3.63) is 64.4 Å². The predicted octanol–water partition coefficient (Wildman–Crippen LogP) is 3.64. The second-order valence-corrected chi connectivity index (χ2v) is 7.27. The zero-order chi connectivity index (χ0) is 19.0. The molecule has 0 N–H and O–H groups in total. The maximum absolute atomic E-state index is 12.3. The van der Waals surface area contributed by atoms with Crippen LogP contribution in [0.1, 0.15) is 31.4 Å². The van der Waals surface area contributed by atoms with Crippen LogP contribution < -0.4 is 10.4 Å². The molecule has 0 radical (unpaired) electrons. The molecule has 3 heterocycles. The molecular formula is C21H20O6. The van der Waals surface area contributed by atoms with Gasteiger partial charge in [-0.15, -0.1) is 0 Å². The molecule has 1 aliphatic rings. The Labute approximate surface area is 155 Å². The van der Waals surface area contributed by atoms with E-state index >= 15 is 0 Å². The second-order valence-electron chi connectivity index (χ2n) is 7.27. The van der Waals surface area contributed by atoms with Crippen molar-refractivity contribution < 1.29 is 23.1 Å². The minimum Gasteiger partial charge on any atom is -0.484 e. The Morgan fingerprint density at radius 3 is 2.89 bits per heavy atom. The zero-order valence-corrected chi connectivity index (χ0v) is 15.2. The molecule has 0 saturated heterocycles. The van der Waals surface area contributed by atoms with Crippen molar-refractivity contribution in [2.24, 2.45) is 0 Å². The smallest absolute Gasteiger partial charge is 0.336 e. The molecule has 27 heavy (non-hydrogen) atoms. The highest BCUT2D eigenvalue weighted by Gasteiger charge is 2.40. The highest BCUT2D eigenvalue weighted by Crippen LogP contribution is 2.37. The van der Waals surface area contributed by atoms with Gasteiger partial charge in [0.1, 0.15) is 23.0 Å². The lowest BCUT2D eigenvalue weighted by molar-refractivity contribution is -0.161. The number of fused-ring (bicyclic) bond motifs is 2. The molecule has 1 aliphatic heterocycles. The van der Waals surface area contributed by atoms with Crippen LogP contribution in [0.2, 0.25) is 0 Å². The Morgan fingerprint density at radius 2 is 2.11 bits per heavy atom. The number of furan rings is 1. The summed E-state index contributed by atoms with van der Waals surface area (Å²) in [7, 11) is 0. The first-order valence-electron chi connectivity index (χ1n) is 8.87. The average molecular weight is 368 g/mol.